The third kappa shape index (κ3) is 5.81. The second-order valence-corrected chi connectivity index (χ2v) is 6.77. The Hall–Kier alpha value is -1.42. The minimum absolute atomic E-state index is 0.454. The summed E-state index contributed by atoms with van der Waals surface area (Å²) in [6.45, 7) is 1.34. The van der Waals surface area contributed by atoms with Crippen molar-refractivity contribution in [3.63, 3.8) is 0 Å². The number of ether oxygens (including phenoxy) is 5. The van der Waals surface area contributed by atoms with E-state index in [1.165, 1.54) is 0 Å². The molecule has 168 valence electrons. The van der Waals surface area contributed by atoms with Gasteiger partial charge in [0.25, 0.3) is 0 Å². The highest BCUT2D eigenvalue weighted by atomic mass is 16.8. The van der Waals surface area contributed by atoms with Crippen molar-refractivity contribution in [3.8, 4) is 0 Å². The van der Waals surface area contributed by atoms with Crippen LogP contribution in [0.25, 0.3) is 0 Å². The first-order valence-corrected chi connectivity index (χ1v) is 8.84. The summed E-state index contributed by atoms with van der Waals surface area (Å²) < 4.78 is 25.3. The molecule has 13 heteroatoms. The lowest BCUT2D eigenvalue weighted by Gasteiger charge is -2.44. The van der Waals surface area contributed by atoms with Crippen LogP contribution in [-0.4, -0.2) is 117 Å². The Morgan fingerprint density at radius 2 is 1.00 bits per heavy atom. The minimum Gasteiger partial charge on any atom is -0.463 e. The van der Waals surface area contributed by atoms with Gasteiger partial charge in [0, 0.05) is 13.8 Å². The highest BCUT2D eigenvalue weighted by molar-refractivity contribution is 5.66. The smallest absolute Gasteiger partial charge is 0.302 e. The van der Waals surface area contributed by atoms with E-state index in [1.807, 2.05) is 0 Å². The molecule has 0 aromatic rings. The monoisotopic (exact) mass is 426 g/mol. The van der Waals surface area contributed by atoms with Gasteiger partial charge in [-0.2, -0.15) is 0 Å². The largest absolute Gasteiger partial charge is 0.463 e. The molecule has 2 saturated heterocycles. The van der Waals surface area contributed by atoms with E-state index in [2.05, 4.69) is 0 Å². The fraction of sp³-hybridized carbons (Fsp3) is 0.875. The zero-order chi connectivity index (χ0) is 21.9. The molecular formula is C16H26O13. The van der Waals surface area contributed by atoms with E-state index in [9.17, 15) is 40.2 Å². The number of esters is 2. The van der Waals surface area contributed by atoms with Gasteiger partial charge in [0.2, 0.25) is 0 Å². The van der Waals surface area contributed by atoms with Gasteiger partial charge in [0.1, 0.15) is 62.0 Å². The molecule has 29 heavy (non-hydrogen) atoms. The van der Waals surface area contributed by atoms with Gasteiger partial charge in [-0.05, 0) is 0 Å². The molecule has 2 aliphatic rings. The van der Waals surface area contributed by atoms with Crippen LogP contribution in [0.5, 0.6) is 0 Å². The quantitative estimate of drug-likeness (QED) is 0.223. The Morgan fingerprint density at radius 1 is 0.655 bits per heavy atom. The predicted molar refractivity (Wildman–Crippen MR) is 87.7 cm³/mol. The maximum Gasteiger partial charge on any atom is 0.302 e. The molecule has 13 nitrogen and oxygen atoms in total. The molecule has 0 radical (unpaired) electrons. The lowest BCUT2D eigenvalue weighted by Crippen LogP contribution is -2.64. The van der Waals surface area contributed by atoms with Crippen LogP contribution in [0.3, 0.4) is 0 Å². The highest BCUT2D eigenvalue weighted by Crippen LogP contribution is 2.28. The van der Waals surface area contributed by atoms with Gasteiger partial charge in [-0.3, -0.25) is 9.59 Å². The molecule has 0 saturated carbocycles. The molecule has 0 spiro atoms. The second-order valence-electron chi connectivity index (χ2n) is 6.77. The van der Waals surface area contributed by atoms with Crippen molar-refractivity contribution >= 4 is 11.9 Å². The number of hydrogen-bond donors (Lipinski definition) is 6. The van der Waals surface area contributed by atoms with Crippen LogP contribution in [0.15, 0.2) is 0 Å². The van der Waals surface area contributed by atoms with Gasteiger partial charge in [-0.1, -0.05) is 0 Å². The van der Waals surface area contributed by atoms with Crippen molar-refractivity contribution in [3.05, 3.63) is 0 Å². The molecule has 2 rings (SSSR count). The Labute approximate surface area is 165 Å². The van der Waals surface area contributed by atoms with Crippen LogP contribution < -0.4 is 0 Å². The van der Waals surface area contributed by atoms with Crippen molar-refractivity contribution in [2.24, 2.45) is 0 Å². The van der Waals surface area contributed by atoms with Gasteiger partial charge >= 0.3 is 11.9 Å². The molecule has 2 heterocycles. The van der Waals surface area contributed by atoms with E-state index in [-0.39, 0.29) is 0 Å². The van der Waals surface area contributed by atoms with Gasteiger partial charge < -0.3 is 54.3 Å². The molecule has 0 amide bonds. The maximum absolute atomic E-state index is 10.9. The number of aliphatic hydroxyl groups excluding tert-OH is 6. The average Bonchev–Trinajstić information content (AvgIpc) is 2.66. The van der Waals surface area contributed by atoms with Crippen LogP contribution >= 0.6 is 0 Å². The molecule has 6 N–H and O–H groups in total. The van der Waals surface area contributed by atoms with Gasteiger partial charge in [0.05, 0.1) is 0 Å². The number of rotatable bonds is 6. The third-order valence-electron chi connectivity index (χ3n) is 4.51. The lowest BCUT2D eigenvalue weighted by atomic mass is 9.98. The first-order chi connectivity index (χ1) is 13.5. The maximum atomic E-state index is 10.9. The van der Waals surface area contributed by atoms with E-state index >= 15 is 0 Å². The highest BCUT2D eigenvalue weighted by Gasteiger charge is 2.50. The average molecular weight is 426 g/mol. The second kappa shape index (κ2) is 10.1. The van der Waals surface area contributed by atoms with Gasteiger partial charge in [-0.25, -0.2) is 0 Å². The third-order valence-corrected chi connectivity index (χ3v) is 4.51. The number of aliphatic hydroxyl groups is 6. The van der Waals surface area contributed by atoms with Crippen LogP contribution in [0, 0.1) is 0 Å². The molecule has 0 bridgehead atoms. The summed E-state index contributed by atoms with van der Waals surface area (Å²) in [4.78, 5) is 21.9. The topological polar surface area (TPSA) is 202 Å². The van der Waals surface area contributed by atoms with Crippen molar-refractivity contribution in [2.45, 2.75) is 75.3 Å². The molecule has 10 atom stereocenters. The Bertz CT molecular complexity index is 523. The van der Waals surface area contributed by atoms with Crippen LogP contribution in [0.2, 0.25) is 0 Å². The molecule has 10 unspecified atom stereocenters. The number of carbonyl (C=O) groups excluding carboxylic acids is 2. The Balaban J connectivity index is 2.07. The summed E-state index contributed by atoms with van der Waals surface area (Å²) in [6.07, 6.45) is -16.1. The fourth-order valence-corrected chi connectivity index (χ4v) is 2.86. The van der Waals surface area contributed by atoms with E-state index in [0.717, 1.165) is 13.8 Å². The van der Waals surface area contributed by atoms with Crippen LogP contribution in [-0.2, 0) is 33.3 Å². The standard InChI is InChI=1S/C16H26O13/c1-5(17)25-3-7-9(19)11(21)13(23)15(27-7)29-16-14(24)12(22)10(20)8(28-16)4-26-6(2)18/h7-16,19-24H,3-4H2,1-2H3. The molecule has 0 aromatic heterocycles. The number of hydrogen-bond acceptors (Lipinski definition) is 13. The predicted octanol–water partition coefficient (Wildman–Crippen LogP) is -4.26. The van der Waals surface area contributed by atoms with Crippen molar-refractivity contribution in [1.82, 2.24) is 0 Å². The van der Waals surface area contributed by atoms with E-state index in [1.54, 1.807) is 0 Å². The zero-order valence-corrected chi connectivity index (χ0v) is 15.7. The molecule has 0 aliphatic carbocycles. The zero-order valence-electron chi connectivity index (χ0n) is 15.7. The number of carbonyl (C=O) groups is 2. The van der Waals surface area contributed by atoms with E-state index in [4.69, 9.17) is 23.7 Å². The summed E-state index contributed by atoms with van der Waals surface area (Å²) in [5.74, 6) is -1.34. The van der Waals surface area contributed by atoms with Crippen molar-refractivity contribution in [1.29, 1.82) is 0 Å². The SMILES string of the molecule is CC(=O)OCC1OC(OC2OC(COC(C)=O)C(O)C(O)C2O)C(O)C(O)C1O. The summed E-state index contributed by atoms with van der Waals surface area (Å²) >= 11 is 0. The Kier molecular flexibility index (Phi) is 8.28. The summed E-state index contributed by atoms with van der Waals surface area (Å²) in [5.41, 5.74) is 0. The van der Waals surface area contributed by atoms with E-state index in [0.29, 0.717) is 0 Å². The Morgan fingerprint density at radius 3 is 1.31 bits per heavy atom. The summed E-state index contributed by atoms with van der Waals surface area (Å²) in [5, 5.41) is 60.1. The first-order valence-electron chi connectivity index (χ1n) is 8.84. The van der Waals surface area contributed by atoms with E-state index < -0.39 is 86.6 Å². The van der Waals surface area contributed by atoms with Crippen molar-refractivity contribution < 1.29 is 63.9 Å². The minimum atomic E-state index is -1.79. The lowest BCUT2D eigenvalue weighted by molar-refractivity contribution is -0.376. The first kappa shape index (κ1) is 23.9. The normalized spacial score (nSPS) is 42.9. The van der Waals surface area contributed by atoms with Crippen LogP contribution in [0.1, 0.15) is 13.8 Å². The molecular weight excluding hydrogens is 400 g/mol. The van der Waals surface area contributed by atoms with Crippen molar-refractivity contribution in [2.75, 3.05) is 13.2 Å². The molecule has 0 aromatic carbocycles. The molecule has 2 aliphatic heterocycles. The van der Waals surface area contributed by atoms with Crippen LogP contribution in [0.4, 0.5) is 0 Å². The fourth-order valence-electron chi connectivity index (χ4n) is 2.86. The van der Waals surface area contributed by atoms with Gasteiger partial charge in [0.15, 0.2) is 12.6 Å². The summed E-state index contributed by atoms with van der Waals surface area (Å²) in [6, 6.07) is 0. The van der Waals surface area contributed by atoms with Gasteiger partial charge in [-0.15, -0.1) is 0 Å². The summed E-state index contributed by atoms with van der Waals surface area (Å²) in [7, 11) is 0. The molecule has 2 fully saturated rings.